The van der Waals surface area contributed by atoms with Gasteiger partial charge < -0.3 is 28.4 Å². The lowest BCUT2D eigenvalue weighted by atomic mass is 9.93. The molecule has 0 aromatic heterocycles. The number of methoxy groups -OCH3 is 3. The summed E-state index contributed by atoms with van der Waals surface area (Å²) in [5.41, 5.74) is 5.12. The van der Waals surface area contributed by atoms with E-state index in [1.165, 1.54) is 21.3 Å². The molecule has 4 rings (SSSR count). The highest BCUT2D eigenvalue weighted by Gasteiger charge is 2.13. The van der Waals surface area contributed by atoms with Crippen molar-refractivity contribution in [3.05, 3.63) is 91.0 Å². The lowest BCUT2D eigenvalue weighted by Gasteiger charge is -2.13. The third kappa shape index (κ3) is 13.0. The highest BCUT2D eigenvalue weighted by Crippen LogP contribution is 2.35. The zero-order valence-corrected chi connectivity index (χ0v) is 30.4. The average molecular weight is 739 g/mol. The summed E-state index contributed by atoms with van der Waals surface area (Å²) < 4.78 is 30.2. The van der Waals surface area contributed by atoms with Crippen molar-refractivity contribution in [1.82, 2.24) is 0 Å². The minimum absolute atomic E-state index is 0.0724. The molecule has 0 N–H and O–H groups in total. The summed E-state index contributed by atoms with van der Waals surface area (Å²) in [4.78, 5) is 70.9. The topological polar surface area (TPSA) is 158 Å². The zero-order valence-electron chi connectivity index (χ0n) is 30.4. The molecule has 0 radical (unpaired) electrons. The van der Waals surface area contributed by atoms with Crippen molar-refractivity contribution < 1.29 is 57.2 Å². The molecule has 0 saturated heterocycles. The Hall–Kier alpha value is -6.30. The molecule has 0 heterocycles. The smallest absolute Gasteiger partial charge is 0.311 e. The molecule has 0 unspecified atom stereocenters. The number of carbonyl (C=O) groups excluding carboxylic acids is 6. The molecular formula is C42H42O12. The van der Waals surface area contributed by atoms with Crippen LogP contribution >= 0.6 is 0 Å². The third-order valence-electron chi connectivity index (χ3n) is 8.16. The molecule has 0 atom stereocenters. The summed E-state index contributed by atoms with van der Waals surface area (Å²) >= 11 is 0. The molecule has 54 heavy (non-hydrogen) atoms. The first kappa shape index (κ1) is 40.5. The van der Waals surface area contributed by atoms with Crippen molar-refractivity contribution in [1.29, 1.82) is 0 Å². The summed E-state index contributed by atoms with van der Waals surface area (Å²) in [6.45, 7) is 0. The standard InChI is InChI=1S/C42H42O12/c1-49-37(43)7-4-10-40(46)52-34-19-13-28(14-20-34)31-25-32(29-15-21-35(22-16-29)53-41(47)11-5-8-38(44)50-2)27-33(26-31)30-17-23-36(24-18-30)54-42(48)12-6-9-39(45)51-3/h13-27H,4-12H2,1-3H3. The van der Waals surface area contributed by atoms with Gasteiger partial charge in [-0.15, -0.1) is 0 Å². The molecule has 0 aliphatic rings. The molecule has 0 amide bonds. The Balaban J connectivity index is 1.54. The van der Waals surface area contributed by atoms with Gasteiger partial charge >= 0.3 is 35.8 Å². The lowest BCUT2D eigenvalue weighted by Crippen LogP contribution is -2.09. The van der Waals surface area contributed by atoms with Crippen LogP contribution < -0.4 is 14.2 Å². The largest absolute Gasteiger partial charge is 0.469 e. The van der Waals surface area contributed by atoms with Crippen molar-refractivity contribution in [2.45, 2.75) is 57.8 Å². The molecule has 12 nitrogen and oxygen atoms in total. The number of hydrogen-bond acceptors (Lipinski definition) is 12. The monoisotopic (exact) mass is 738 g/mol. The van der Waals surface area contributed by atoms with Crippen LogP contribution in [0.1, 0.15) is 57.8 Å². The maximum Gasteiger partial charge on any atom is 0.311 e. The second-order valence-electron chi connectivity index (χ2n) is 12.1. The molecule has 4 aromatic rings. The van der Waals surface area contributed by atoms with Gasteiger partial charge in [0.2, 0.25) is 0 Å². The van der Waals surface area contributed by atoms with Crippen molar-refractivity contribution in [2.75, 3.05) is 21.3 Å². The van der Waals surface area contributed by atoms with Crippen LogP contribution in [0.5, 0.6) is 17.2 Å². The van der Waals surface area contributed by atoms with E-state index in [0.29, 0.717) is 36.5 Å². The van der Waals surface area contributed by atoms with Gasteiger partial charge in [0.1, 0.15) is 17.2 Å². The van der Waals surface area contributed by atoms with Crippen LogP contribution in [-0.4, -0.2) is 57.1 Å². The van der Waals surface area contributed by atoms with Gasteiger partial charge in [0, 0.05) is 38.5 Å². The lowest BCUT2D eigenvalue weighted by molar-refractivity contribution is -0.142. The van der Waals surface area contributed by atoms with Crippen molar-refractivity contribution in [2.24, 2.45) is 0 Å². The Labute approximate surface area is 313 Å². The van der Waals surface area contributed by atoms with Crippen LogP contribution in [0.25, 0.3) is 33.4 Å². The van der Waals surface area contributed by atoms with Crippen molar-refractivity contribution in [3.8, 4) is 50.6 Å². The van der Waals surface area contributed by atoms with E-state index < -0.39 is 17.9 Å². The Morgan fingerprint density at radius 2 is 0.556 bits per heavy atom. The van der Waals surface area contributed by atoms with E-state index >= 15 is 0 Å². The van der Waals surface area contributed by atoms with Crippen molar-refractivity contribution >= 4 is 35.8 Å². The molecule has 4 aromatic carbocycles. The van der Waals surface area contributed by atoms with Gasteiger partial charge in [0.05, 0.1) is 21.3 Å². The van der Waals surface area contributed by atoms with Crippen LogP contribution in [0.4, 0.5) is 0 Å². The van der Waals surface area contributed by atoms with Crippen LogP contribution in [0.2, 0.25) is 0 Å². The summed E-state index contributed by atoms with van der Waals surface area (Å²) in [6.07, 6.45) is 1.56. The Morgan fingerprint density at radius 1 is 0.333 bits per heavy atom. The molecule has 12 heteroatoms. The first-order valence-corrected chi connectivity index (χ1v) is 17.4. The molecule has 0 spiro atoms. The van der Waals surface area contributed by atoms with Gasteiger partial charge in [-0.2, -0.15) is 0 Å². The summed E-state index contributed by atoms with van der Waals surface area (Å²) in [6, 6.07) is 27.2. The Bertz CT molecular complexity index is 1680. The van der Waals surface area contributed by atoms with E-state index in [4.69, 9.17) is 14.2 Å². The zero-order chi connectivity index (χ0) is 38.9. The molecule has 0 bridgehead atoms. The van der Waals surface area contributed by atoms with Gasteiger partial charge in [-0.25, -0.2) is 0 Å². The maximum absolute atomic E-state index is 12.3. The molecule has 0 aliphatic heterocycles. The number of carbonyl (C=O) groups is 6. The third-order valence-corrected chi connectivity index (χ3v) is 8.16. The van der Waals surface area contributed by atoms with Crippen molar-refractivity contribution in [3.63, 3.8) is 0 Å². The number of ether oxygens (including phenoxy) is 6. The minimum Gasteiger partial charge on any atom is -0.469 e. The first-order chi connectivity index (χ1) is 26.1. The predicted molar refractivity (Wildman–Crippen MR) is 197 cm³/mol. The van der Waals surface area contributed by atoms with Crippen LogP contribution in [0.15, 0.2) is 91.0 Å². The fourth-order valence-corrected chi connectivity index (χ4v) is 5.26. The van der Waals surface area contributed by atoms with E-state index in [2.05, 4.69) is 14.2 Å². The van der Waals surface area contributed by atoms with E-state index in [1.807, 2.05) is 54.6 Å². The highest BCUT2D eigenvalue weighted by atomic mass is 16.5. The van der Waals surface area contributed by atoms with E-state index in [-0.39, 0.29) is 56.4 Å². The first-order valence-electron chi connectivity index (χ1n) is 17.4. The second-order valence-corrected chi connectivity index (χ2v) is 12.1. The number of esters is 6. The maximum atomic E-state index is 12.3. The summed E-state index contributed by atoms with van der Waals surface area (Å²) in [7, 11) is 3.89. The molecule has 0 saturated carbocycles. The number of hydrogen-bond donors (Lipinski definition) is 0. The molecule has 282 valence electrons. The van der Waals surface area contributed by atoms with Crippen LogP contribution in [0.3, 0.4) is 0 Å². The van der Waals surface area contributed by atoms with Gasteiger partial charge in [0.25, 0.3) is 0 Å². The SMILES string of the molecule is COC(=O)CCCC(=O)Oc1ccc(-c2cc(-c3ccc(OC(=O)CCCC(=O)OC)cc3)cc(-c3ccc(OC(=O)CCCC(=O)OC)cc3)c2)cc1. The predicted octanol–water partition coefficient (Wildman–Crippen LogP) is 7.43. The van der Waals surface area contributed by atoms with Gasteiger partial charge in [-0.1, -0.05) is 36.4 Å². The van der Waals surface area contributed by atoms with Gasteiger partial charge in [-0.3, -0.25) is 28.8 Å². The summed E-state index contributed by atoms with van der Waals surface area (Å²) in [5, 5.41) is 0. The normalized spacial score (nSPS) is 10.5. The van der Waals surface area contributed by atoms with E-state index in [9.17, 15) is 28.8 Å². The fourth-order valence-electron chi connectivity index (χ4n) is 5.26. The highest BCUT2D eigenvalue weighted by molar-refractivity contribution is 5.83. The van der Waals surface area contributed by atoms with Gasteiger partial charge in [0.15, 0.2) is 0 Å². The Kier molecular flexibility index (Phi) is 15.5. The Morgan fingerprint density at radius 3 is 0.778 bits per heavy atom. The van der Waals surface area contributed by atoms with E-state index in [1.54, 1.807) is 36.4 Å². The molecule has 0 aliphatic carbocycles. The quantitative estimate of drug-likeness (QED) is 0.0566. The van der Waals surface area contributed by atoms with E-state index in [0.717, 1.165) is 33.4 Å². The summed E-state index contributed by atoms with van der Waals surface area (Å²) in [5.74, 6) is -1.44. The fraction of sp³-hybridized carbons (Fsp3) is 0.286. The number of benzene rings is 4. The van der Waals surface area contributed by atoms with Crippen LogP contribution in [0, 0.1) is 0 Å². The minimum atomic E-state index is -0.457. The molecular weight excluding hydrogens is 696 g/mol. The average Bonchev–Trinajstić information content (AvgIpc) is 3.18. The van der Waals surface area contributed by atoms with Gasteiger partial charge in [-0.05, 0) is 107 Å². The van der Waals surface area contributed by atoms with Crippen LogP contribution in [-0.2, 0) is 43.0 Å². The second kappa shape index (κ2) is 20.7. The number of rotatable bonds is 18. The molecule has 0 fully saturated rings.